The van der Waals surface area contributed by atoms with Crippen molar-refractivity contribution in [2.24, 2.45) is 10.1 Å². The number of fused-ring (bicyclic) bond motifs is 3. The predicted molar refractivity (Wildman–Crippen MR) is 99.0 cm³/mol. The molecule has 0 atom stereocenters. The Balaban J connectivity index is 1.94. The molecule has 0 spiro atoms. The summed E-state index contributed by atoms with van der Waals surface area (Å²) in [6.07, 6.45) is 0. The lowest BCUT2D eigenvalue weighted by Crippen LogP contribution is -2.57. The fraction of sp³-hybridized carbons (Fsp3) is 0. The van der Waals surface area contributed by atoms with Gasteiger partial charge < -0.3 is 0 Å². The molecule has 0 amide bonds. The predicted octanol–water partition coefficient (Wildman–Crippen LogP) is 2.74. The van der Waals surface area contributed by atoms with Crippen molar-refractivity contribution in [3.63, 3.8) is 0 Å². The molecule has 2 aliphatic heterocycles. The molecule has 22 heavy (non-hydrogen) atoms. The summed E-state index contributed by atoms with van der Waals surface area (Å²) in [6.45, 7) is 0. The fourth-order valence-electron chi connectivity index (χ4n) is 2.40. The number of hydrazine groups is 1. The van der Waals surface area contributed by atoms with E-state index in [9.17, 15) is 0 Å². The number of rotatable bonds is 1. The summed E-state index contributed by atoms with van der Waals surface area (Å²) in [4.78, 5) is 4.78. The molecule has 0 unspecified atom stereocenters. The lowest BCUT2D eigenvalue weighted by Gasteiger charge is -2.34. The van der Waals surface area contributed by atoms with Crippen LogP contribution in [0.25, 0.3) is 0 Å². The van der Waals surface area contributed by atoms with Gasteiger partial charge in [0, 0.05) is 14.7 Å². The first-order valence-corrected chi connectivity index (χ1v) is 8.09. The summed E-state index contributed by atoms with van der Waals surface area (Å²) in [5, 5.41) is 6.67. The third-order valence-electron chi connectivity index (χ3n) is 3.36. The van der Waals surface area contributed by atoms with Crippen molar-refractivity contribution in [3.05, 3.63) is 63.2 Å². The van der Waals surface area contributed by atoms with Gasteiger partial charge in [-0.25, -0.2) is 10.0 Å². The summed E-state index contributed by atoms with van der Waals surface area (Å²) >= 11 is 7.46. The SMILES string of the molecule is S=C1NN=C2c3cc(I)ccc3N=C(c3ccccc3)N2N1. The van der Waals surface area contributed by atoms with Crippen LogP contribution in [0.1, 0.15) is 11.1 Å². The van der Waals surface area contributed by atoms with E-state index in [1.807, 2.05) is 47.5 Å². The Labute approximate surface area is 146 Å². The number of aliphatic imine (C=N–C) groups is 1. The minimum Gasteiger partial charge on any atom is -0.265 e. The lowest BCUT2D eigenvalue weighted by atomic mass is 10.1. The highest BCUT2D eigenvalue weighted by Gasteiger charge is 2.30. The van der Waals surface area contributed by atoms with E-state index in [2.05, 4.69) is 44.6 Å². The number of nitrogens with zero attached hydrogens (tertiary/aromatic N) is 3. The number of benzene rings is 2. The van der Waals surface area contributed by atoms with E-state index in [1.54, 1.807) is 0 Å². The van der Waals surface area contributed by atoms with Crippen LogP contribution in [0.5, 0.6) is 0 Å². The number of amidine groups is 2. The van der Waals surface area contributed by atoms with Crippen molar-refractivity contribution < 1.29 is 0 Å². The van der Waals surface area contributed by atoms with Crippen LogP contribution in [0.15, 0.2) is 58.6 Å². The van der Waals surface area contributed by atoms with Gasteiger partial charge in [-0.1, -0.05) is 30.3 Å². The van der Waals surface area contributed by atoms with Gasteiger partial charge >= 0.3 is 0 Å². The van der Waals surface area contributed by atoms with E-state index >= 15 is 0 Å². The van der Waals surface area contributed by atoms with Gasteiger partial charge in [-0.05, 0) is 53.0 Å². The van der Waals surface area contributed by atoms with E-state index in [1.165, 1.54) is 0 Å². The Morgan fingerprint density at radius 1 is 1.05 bits per heavy atom. The highest BCUT2D eigenvalue weighted by Crippen LogP contribution is 2.29. The maximum Gasteiger partial charge on any atom is 0.206 e. The summed E-state index contributed by atoms with van der Waals surface area (Å²) in [5.41, 5.74) is 8.80. The molecule has 2 N–H and O–H groups in total. The molecule has 0 bridgehead atoms. The Hall–Kier alpha value is -2.00. The molecule has 0 saturated heterocycles. The molecule has 0 saturated carbocycles. The van der Waals surface area contributed by atoms with Crippen LogP contribution < -0.4 is 10.9 Å². The van der Waals surface area contributed by atoms with E-state index in [0.29, 0.717) is 5.11 Å². The number of nitrogens with one attached hydrogen (secondary N) is 2. The molecule has 0 radical (unpaired) electrons. The summed E-state index contributed by atoms with van der Waals surface area (Å²) in [7, 11) is 0. The van der Waals surface area contributed by atoms with Gasteiger partial charge in [0.1, 0.15) is 0 Å². The molecule has 2 aliphatic rings. The van der Waals surface area contributed by atoms with E-state index < -0.39 is 0 Å². The molecular weight excluding hydrogens is 409 g/mol. The monoisotopic (exact) mass is 419 g/mol. The van der Waals surface area contributed by atoms with Crippen molar-refractivity contribution in [3.8, 4) is 0 Å². The Bertz CT molecular complexity index is 831. The maximum atomic E-state index is 5.17. The van der Waals surface area contributed by atoms with Crippen molar-refractivity contribution >= 4 is 57.3 Å². The largest absolute Gasteiger partial charge is 0.265 e. The minimum absolute atomic E-state index is 0.446. The van der Waals surface area contributed by atoms with Gasteiger partial charge in [0.2, 0.25) is 5.11 Å². The van der Waals surface area contributed by atoms with Crippen LogP contribution in [0.3, 0.4) is 0 Å². The first kappa shape index (κ1) is 13.6. The molecular formula is C15H10IN5S. The van der Waals surface area contributed by atoms with Crippen LogP contribution in [-0.2, 0) is 0 Å². The van der Waals surface area contributed by atoms with Gasteiger partial charge in [0.05, 0.1) is 5.69 Å². The summed E-state index contributed by atoms with van der Waals surface area (Å²) in [6, 6.07) is 16.1. The molecule has 2 heterocycles. The van der Waals surface area contributed by atoms with Gasteiger partial charge in [-0.2, -0.15) is 5.10 Å². The Morgan fingerprint density at radius 2 is 1.86 bits per heavy atom. The van der Waals surface area contributed by atoms with E-state index in [0.717, 1.165) is 32.1 Å². The molecule has 4 rings (SSSR count). The van der Waals surface area contributed by atoms with E-state index in [4.69, 9.17) is 17.2 Å². The van der Waals surface area contributed by atoms with Crippen molar-refractivity contribution in [2.45, 2.75) is 0 Å². The van der Waals surface area contributed by atoms with Crippen LogP contribution in [0.4, 0.5) is 5.69 Å². The summed E-state index contributed by atoms with van der Waals surface area (Å²) < 4.78 is 1.13. The van der Waals surface area contributed by atoms with Crippen molar-refractivity contribution in [1.29, 1.82) is 0 Å². The normalized spacial score (nSPS) is 15.9. The highest BCUT2D eigenvalue weighted by atomic mass is 127. The number of hydrazone groups is 1. The molecule has 0 aliphatic carbocycles. The minimum atomic E-state index is 0.446. The first-order valence-electron chi connectivity index (χ1n) is 6.61. The quantitative estimate of drug-likeness (QED) is 0.552. The summed E-state index contributed by atoms with van der Waals surface area (Å²) in [5.74, 6) is 1.54. The van der Waals surface area contributed by atoms with E-state index in [-0.39, 0.29) is 0 Å². The molecule has 5 nitrogen and oxygen atoms in total. The molecule has 0 fully saturated rings. The van der Waals surface area contributed by atoms with Crippen molar-refractivity contribution in [2.75, 3.05) is 0 Å². The second-order valence-electron chi connectivity index (χ2n) is 4.79. The maximum absolute atomic E-state index is 5.17. The molecule has 7 heteroatoms. The Morgan fingerprint density at radius 3 is 2.68 bits per heavy atom. The average molecular weight is 419 g/mol. The lowest BCUT2D eigenvalue weighted by molar-refractivity contribution is 0.523. The van der Waals surface area contributed by atoms with Gasteiger partial charge in [0.25, 0.3) is 0 Å². The zero-order valence-corrected chi connectivity index (χ0v) is 14.2. The highest BCUT2D eigenvalue weighted by molar-refractivity contribution is 14.1. The zero-order chi connectivity index (χ0) is 15.1. The molecule has 0 aromatic heterocycles. The van der Waals surface area contributed by atoms with Crippen molar-refractivity contribution in [1.82, 2.24) is 15.9 Å². The smallest absolute Gasteiger partial charge is 0.206 e. The standard InChI is InChI=1S/C15H10IN5S/c16-10-6-7-12-11(8-10)14-18-19-15(22)20-21(14)13(17-12)9-4-2-1-3-5-9/h1-8H,(H2,19,20,22). The number of halogens is 1. The molecule has 108 valence electrons. The van der Waals surface area contributed by atoms with Gasteiger partial charge in [0.15, 0.2) is 11.7 Å². The molecule has 2 aromatic rings. The van der Waals surface area contributed by atoms with Crippen LogP contribution in [0, 0.1) is 3.57 Å². The topological polar surface area (TPSA) is 52.0 Å². The third-order valence-corrected chi connectivity index (χ3v) is 4.21. The van der Waals surface area contributed by atoms with Crippen LogP contribution in [-0.4, -0.2) is 21.8 Å². The van der Waals surface area contributed by atoms with Gasteiger partial charge in [-0.15, -0.1) is 0 Å². The first-order chi connectivity index (χ1) is 10.7. The van der Waals surface area contributed by atoms with Gasteiger partial charge in [-0.3, -0.25) is 10.9 Å². The second-order valence-corrected chi connectivity index (χ2v) is 6.44. The number of hydrogen-bond donors (Lipinski definition) is 2. The number of thiocarbonyl (C=S) groups is 1. The Kier molecular flexibility index (Phi) is 3.30. The van der Waals surface area contributed by atoms with Crippen LogP contribution in [0.2, 0.25) is 0 Å². The second kappa shape index (κ2) is 5.33. The zero-order valence-electron chi connectivity index (χ0n) is 11.2. The van der Waals surface area contributed by atoms with Crippen LogP contribution >= 0.6 is 34.8 Å². The average Bonchev–Trinajstić information content (AvgIpc) is 2.55. The fourth-order valence-corrected chi connectivity index (χ4v) is 3.03. The molecule has 2 aromatic carbocycles. The number of hydrogen-bond acceptors (Lipinski definition) is 4. The third kappa shape index (κ3) is 2.26.